The third kappa shape index (κ3) is 5.58. The zero-order valence-corrected chi connectivity index (χ0v) is 18.7. The standard InChI is InChI=1S/C23H33N5O4/c1-2-24-23(28-11-13-32-20(15-28)19-4-3-12-31-19)26-14-17-5-7-18(8-6-17)22(30)27-10-9-25-21(29)16-27/h5-8,19-20H,2-4,9-16H2,1H3,(H,24,26)(H,25,29). The number of hydrogen-bond donors (Lipinski definition) is 2. The molecule has 32 heavy (non-hydrogen) atoms. The van der Waals surface area contributed by atoms with Crippen molar-refractivity contribution >= 4 is 17.8 Å². The van der Waals surface area contributed by atoms with Gasteiger partial charge in [0.05, 0.1) is 25.8 Å². The van der Waals surface area contributed by atoms with Gasteiger partial charge < -0.3 is 29.9 Å². The van der Waals surface area contributed by atoms with E-state index in [4.69, 9.17) is 14.5 Å². The highest BCUT2D eigenvalue weighted by Gasteiger charge is 2.32. The molecule has 0 bridgehead atoms. The maximum Gasteiger partial charge on any atom is 0.254 e. The van der Waals surface area contributed by atoms with E-state index in [2.05, 4.69) is 22.5 Å². The summed E-state index contributed by atoms with van der Waals surface area (Å²) in [5, 5.41) is 6.13. The molecule has 1 aromatic rings. The Labute approximate surface area is 189 Å². The van der Waals surface area contributed by atoms with E-state index in [1.165, 1.54) is 0 Å². The number of morpholine rings is 1. The van der Waals surface area contributed by atoms with E-state index in [-0.39, 0.29) is 30.6 Å². The molecule has 3 saturated heterocycles. The Balaban J connectivity index is 1.37. The summed E-state index contributed by atoms with van der Waals surface area (Å²) in [4.78, 5) is 32.8. The molecule has 2 atom stereocenters. The molecule has 174 valence electrons. The second kappa shape index (κ2) is 10.8. The highest BCUT2D eigenvalue weighted by atomic mass is 16.5. The van der Waals surface area contributed by atoms with Crippen LogP contribution in [-0.2, 0) is 20.8 Å². The molecule has 3 aliphatic heterocycles. The molecule has 3 aliphatic rings. The first-order chi connectivity index (χ1) is 15.6. The number of rotatable bonds is 5. The van der Waals surface area contributed by atoms with Crippen molar-refractivity contribution in [2.24, 2.45) is 4.99 Å². The van der Waals surface area contributed by atoms with Crippen LogP contribution < -0.4 is 10.6 Å². The highest BCUT2D eigenvalue weighted by Crippen LogP contribution is 2.21. The third-order valence-corrected chi connectivity index (χ3v) is 6.05. The van der Waals surface area contributed by atoms with Crippen LogP contribution in [0.3, 0.4) is 0 Å². The Bertz CT molecular complexity index is 822. The number of piperazine rings is 1. The molecular weight excluding hydrogens is 410 g/mol. The van der Waals surface area contributed by atoms with Crippen LogP contribution in [0.5, 0.6) is 0 Å². The van der Waals surface area contributed by atoms with Crippen LogP contribution in [0.1, 0.15) is 35.7 Å². The minimum atomic E-state index is -0.114. The topological polar surface area (TPSA) is 95.5 Å². The normalized spacial score (nSPS) is 24.4. The molecule has 0 spiro atoms. The quantitative estimate of drug-likeness (QED) is 0.511. The minimum absolute atomic E-state index is 0.0808. The smallest absolute Gasteiger partial charge is 0.254 e. The molecule has 4 rings (SSSR count). The van der Waals surface area contributed by atoms with E-state index in [0.29, 0.717) is 31.8 Å². The van der Waals surface area contributed by atoms with Crippen molar-refractivity contribution in [3.8, 4) is 0 Å². The Kier molecular flexibility index (Phi) is 7.59. The zero-order valence-electron chi connectivity index (χ0n) is 18.7. The van der Waals surface area contributed by atoms with Gasteiger partial charge in [0, 0.05) is 44.9 Å². The first-order valence-electron chi connectivity index (χ1n) is 11.6. The van der Waals surface area contributed by atoms with Crippen LogP contribution in [-0.4, -0.2) is 92.3 Å². The summed E-state index contributed by atoms with van der Waals surface area (Å²) in [6, 6.07) is 7.49. The fourth-order valence-corrected chi connectivity index (χ4v) is 4.33. The van der Waals surface area contributed by atoms with Crippen molar-refractivity contribution in [3.63, 3.8) is 0 Å². The first kappa shape index (κ1) is 22.5. The summed E-state index contributed by atoms with van der Waals surface area (Å²) in [6.07, 6.45) is 2.41. The number of carbonyl (C=O) groups excluding carboxylic acids is 2. The number of nitrogens with one attached hydrogen (secondary N) is 2. The van der Waals surface area contributed by atoms with Crippen LogP contribution in [0.2, 0.25) is 0 Å². The van der Waals surface area contributed by atoms with Gasteiger partial charge in [-0.25, -0.2) is 4.99 Å². The molecule has 3 heterocycles. The van der Waals surface area contributed by atoms with Crippen molar-refractivity contribution in [2.75, 3.05) is 52.5 Å². The predicted octanol–water partition coefficient (Wildman–Crippen LogP) is 0.604. The third-order valence-electron chi connectivity index (χ3n) is 6.05. The lowest BCUT2D eigenvalue weighted by Crippen LogP contribution is -2.53. The largest absolute Gasteiger partial charge is 0.375 e. The number of carbonyl (C=O) groups is 2. The fraction of sp³-hybridized carbons (Fsp3) is 0.609. The maximum absolute atomic E-state index is 12.6. The van der Waals surface area contributed by atoms with Crippen molar-refractivity contribution < 1.29 is 19.1 Å². The number of amides is 2. The molecule has 0 aliphatic carbocycles. The van der Waals surface area contributed by atoms with Crippen LogP contribution >= 0.6 is 0 Å². The van der Waals surface area contributed by atoms with E-state index in [1.807, 2.05) is 24.3 Å². The van der Waals surface area contributed by atoms with Gasteiger partial charge in [-0.2, -0.15) is 0 Å². The number of benzene rings is 1. The lowest BCUT2D eigenvalue weighted by Gasteiger charge is -2.37. The summed E-state index contributed by atoms with van der Waals surface area (Å²) in [5.41, 5.74) is 1.61. The summed E-state index contributed by atoms with van der Waals surface area (Å²) in [5.74, 6) is 0.645. The summed E-state index contributed by atoms with van der Waals surface area (Å²) in [7, 11) is 0. The molecule has 2 amide bonds. The van der Waals surface area contributed by atoms with Gasteiger partial charge in [-0.05, 0) is 37.5 Å². The van der Waals surface area contributed by atoms with Crippen molar-refractivity contribution in [3.05, 3.63) is 35.4 Å². The summed E-state index contributed by atoms with van der Waals surface area (Å²) < 4.78 is 11.8. The summed E-state index contributed by atoms with van der Waals surface area (Å²) in [6.45, 7) is 7.58. The number of aliphatic imine (C=N–C) groups is 1. The van der Waals surface area contributed by atoms with E-state index in [1.54, 1.807) is 4.90 Å². The summed E-state index contributed by atoms with van der Waals surface area (Å²) >= 11 is 0. The van der Waals surface area contributed by atoms with Gasteiger partial charge in [0.1, 0.15) is 6.10 Å². The van der Waals surface area contributed by atoms with Crippen molar-refractivity contribution in [1.29, 1.82) is 0 Å². The Morgan fingerprint density at radius 1 is 1.16 bits per heavy atom. The van der Waals surface area contributed by atoms with Crippen molar-refractivity contribution in [2.45, 2.75) is 38.5 Å². The average molecular weight is 444 g/mol. The van der Waals surface area contributed by atoms with E-state index in [0.717, 1.165) is 50.6 Å². The van der Waals surface area contributed by atoms with Gasteiger partial charge in [0.25, 0.3) is 5.91 Å². The van der Waals surface area contributed by atoms with E-state index in [9.17, 15) is 9.59 Å². The van der Waals surface area contributed by atoms with Crippen molar-refractivity contribution in [1.82, 2.24) is 20.4 Å². The fourth-order valence-electron chi connectivity index (χ4n) is 4.33. The second-order valence-corrected chi connectivity index (χ2v) is 8.35. The zero-order chi connectivity index (χ0) is 22.3. The Morgan fingerprint density at radius 3 is 2.69 bits per heavy atom. The van der Waals surface area contributed by atoms with Crippen LogP contribution in [0, 0.1) is 0 Å². The molecule has 2 N–H and O–H groups in total. The second-order valence-electron chi connectivity index (χ2n) is 8.35. The van der Waals surface area contributed by atoms with Gasteiger partial charge in [0.2, 0.25) is 5.91 Å². The molecule has 0 aromatic heterocycles. The predicted molar refractivity (Wildman–Crippen MR) is 120 cm³/mol. The molecule has 9 heteroatoms. The lowest BCUT2D eigenvalue weighted by atomic mass is 10.1. The molecule has 1 aromatic carbocycles. The van der Waals surface area contributed by atoms with E-state index >= 15 is 0 Å². The lowest BCUT2D eigenvalue weighted by molar-refractivity contribution is -0.123. The average Bonchev–Trinajstić information content (AvgIpc) is 3.37. The minimum Gasteiger partial charge on any atom is -0.375 e. The van der Waals surface area contributed by atoms with Crippen LogP contribution in [0.15, 0.2) is 29.3 Å². The number of guanidine groups is 1. The van der Waals surface area contributed by atoms with Crippen LogP contribution in [0.25, 0.3) is 0 Å². The van der Waals surface area contributed by atoms with Gasteiger partial charge in [0.15, 0.2) is 5.96 Å². The SMILES string of the molecule is CCNC(=NCc1ccc(C(=O)N2CCNC(=O)C2)cc1)N1CCOC(C2CCCO2)C1. The molecule has 0 radical (unpaired) electrons. The maximum atomic E-state index is 12.6. The molecule has 2 unspecified atom stereocenters. The van der Waals surface area contributed by atoms with Gasteiger partial charge >= 0.3 is 0 Å². The van der Waals surface area contributed by atoms with Crippen LogP contribution in [0.4, 0.5) is 0 Å². The molecule has 3 fully saturated rings. The number of ether oxygens (including phenoxy) is 2. The number of nitrogens with zero attached hydrogens (tertiary/aromatic N) is 3. The molecular formula is C23H33N5O4. The van der Waals surface area contributed by atoms with Gasteiger partial charge in [-0.3, -0.25) is 9.59 Å². The Hall–Kier alpha value is -2.65. The monoisotopic (exact) mass is 443 g/mol. The first-order valence-corrected chi connectivity index (χ1v) is 11.6. The van der Waals surface area contributed by atoms with Gasteiger partial charge in [-0.15, -0.1) is 0 Å². The number of hydrogen-bond acceptors (Lipinski definition) is 5. The highest BCUT2D eigenvalue weighted by molar-refractivity contribution is 5.97. The molecule has 9 nitrogen and oxygen atoms in total. The Morgan fingerprint density at radius 2 is 1.97 bits per heavy atom. The van der Waals surface area contributed by atoms with Gasteiger partial charge in [-0.1, -0.05) is 12.1 Å². The molecule has 0 saturated carbocycles. The van der Waals surface area contributed by atoms with E-state index < -0.39 is 0 Å².